The zero-order valence-electron chi connectivity index (χ0n) is 5.87. The molecule has 0 spiro atoms. The minimum absolute atomic E-state index is 0.854. The summed E-state index contributed by atoms with van der Waals surface area (Å²) < 4.78 is 3.95. The van der Waals surface area contributed by atoms with Gasteiger partial charge >= 0.3 is 0 Å². The summed E-state index contributed by atoms with van der Waals surface area (Å²) in [5.74, 6) is 0. The van der Waals surface area contributed by atoms with Crippen molar-refractivity contribution in [3.8, 4) is 5.00 Å². The fraction of sp³-hybridized carbons (Fsp3) is 0. The van der Waals surface area contributed by atoms with Crippen molar-refractivity contribution in [2.45, 2.75) is 0 Å². The lowest BCUT2D eigenvalue weighted by atomic mass is 10.6. The summed E-state index contributed by atoms with van der Waals surface area (Å²) in [4.78, 5) is 4.07. The van der Waals surface area contributed by atoms with Crippen molar-refractivity contribution in [1.82, 2.24) is 9.55 Å². The Labute approximate surface area is 90.5 Å². The van der Waals surface area contributed by atoms with Gasteiger partial charge in [-0.2, -0.15) is 0 Å². The van der Waals surface area contributed by atoms with Crippen LogP contribution < -0.4 is 0 Å². The van der Waals surface area contributed by atoms with Crippen molar-refractivity contribution >= 4 is 43.2 Å². The Balaban J connectivity index is 2.43. The van der Waals surface area contributed by atoms with E-state index in [9.17, 15) is 0 Å². The predicted molar refractivity (Wildman–Crippen MR) is 56.8 cm³/mol. The maximum atomic E-state index is 4.07. The van der Waals surface area contributed by atoms with Gasteiger partial charge < -0.3 is 0 Å². The van der Waals surface area contributed by atoms with Crippen LogP contribution in [0.3, 0.4) is 0 Å². The zero-order valence-corrected chi connectivity index (χ0v) is 9.86. The summed E-state index contributed by atoms with van der Waals surface area (Å²) in [6, 6.07) is 4.07. The van der Waals surface area contributed by atoms with Gasteiger partial charge in [-0.15, -0.1) is 11.3 Å². The van der Waals surface area contributed by atoms with E-state index in [0.717, 1.165) is 13.4 Å². The number of rotatable bonds is 1. The van der Waals surface area contributed by atoms with Crippen LogP contribution in [0.5, 0.6) is 0 Å². The van der Waals surface area contributed by atoms with Crippen molar-refractivity contribution in [1.29, 1.82) is 0 Å². The van der Waals surface area contributed by atoms with E-state index in [2.05, 4.69) is 36.8 Å². The van der Waals surface area contributed by atoms with Crippen LogP contribution in [-0.2, 0) is 0 Å². The third-order valence-electron chi connectivity index (χ3n) is 1.36. The molecule has 0 bridgehead atoms. The number of thiophene rings is 1. The Morgan fingerprint density at radius 3 is 2.67 bits per heavy atom. The second kappa shape index (κ2) is 3.32. The summed E-state index contributed by atoms with van der Waals surface area (Å²) in [5.41, 5.74) is 0. The van der Waals surface area contributed by atoms with Crippen LogP contribution in [-0.4, -0.2) is 9.55 Å². The number of hydrogen-bond donors (Lipinski definition) is 0. The van der Waals surface area contributed by atoms with E-state index >= 15 is 0 Å². The van der Waals surface area contributed by atoms with Crippen molar-refractivity contribution < 1.29 is 0 Å². The quantitative estimate of drug-likeness (QED) is 0.789. The van der Waals surface area contributed by atoms with Crippen LogP contribution in [0, 0.1) is 0 Å². The van der Waals surface area contributed by atoms with Crippen molar-refractivity contribution in [2.75, 3.05) is 0 Å². The van der Waals surface area contributed by atoms with Crippen LogP contribution >= 0.6 is 43.2 Å². The Bertz CT molecular complexity index is 355. The van der Waals surface area contributed by atoms with E-state index in [1.807, 2.05) is 22.9 Å². The first-order valence-corrected chi connectivity index (χ1v) is 5.61. The van der Waals surface area contributed by atoms with E-state index < -0.39 is 0 Å². The first-order valence-electron chi connectivity index (χ1n) is 3.21. The van der Waals surface area contributed by atoms with Gasteiger partial charge in [0.15, 0.2) is 0 Å². The van der Waals surface area contributed by atoms with E-state index in [1.54, 1.807) is 17.7 Å². The van der Waals surface area contributed by atoms with Crippen molar-refractivity contribution in [3.63, 3.8) is 0 Å². The fourth-order valence-electron chi connectivity index (χ4n) is 0.863. The van der Waals surface area contributed by atoms with Crippen LogP contribution in [0.1, 0.15) is 0 Å². The lowest BCUT2D eigenvalue weighted by molar-refractivity contribution is 1.09. The monoisotopic (exact) mass is 306 g/mol. The maximum absolute atomic E-state index is 4.07. The molecule has 0 saturated carbocycles. The molecule has 0 radical (unpaired) electrons. The van der Waals surface area contributed by atoms with Crippen LogP contribution in [0.4, 0.5) is 0 Å². The molecule has 0 aliphatic carbocycles. The molecule has 2 heterocycles. The van der Waals surface area contributed by atoms with Crippen LogP contribution in [0.15, 0.2) is 33.0 Å². The average Bonchev–Trinajstić information content (AvgIpc) is 2.58. The number of nitrogens with zero attached hydrogens (tertiary/aromatic N) is 2. The smallest absolute Gasteiger partial charge is 0.124 e. The highest BCUT2D eigenvalue weighted by molar-refractivity contribution is 9.11. The van der Waals surface area contributed by atoms with Gasteiger partial charge in [-0.05, 0) is 44.0 Å². The number of aromatic nitrogens is 2. The molecule has 5 heteroatoms. The molecule has 0 aliphatic heterocycles. The molecule has 2 aromatic heterocycles. The van der Waals surface area contributed by atoms with Gasteiger partial charge in [0, 0.05) is 6.20 Å². The first-order chi connectivity index (χ1) is 5.75. The maximum Gasteiger partial charge on any atom is 0.124 e. The first kappa shape index (κ1) is 8.47. The molecule has 12 heavy (non-hydrogen) atoms. The molecule has 2 nitrogen and oxygen atoms in total. The average molecular weight is 308 g/mol. The minimum Gasteiger partial charge on any atom is -0.296 e. The van der Waals surface area contributed by atoms with Gasteiger partial charge in [0.25, 0.3) is 0 Å². The number of imidazole rings is 1. The second-order valence-electron chi connectivity index (χ2n) is 2.18. The Morgan fingerprint density at radius 1 is 1.33 bits per heavy atom. The molecule has 0 amide bonds. The number of hydrogen-bond acceptors (Lipinski definition) is 2. The van der Waals surface area contributed by atoms with Gasteiger partial charge in [-0.1, -0.05) is 0 Å². The van der Waals surface area contributed by atoms with E-state index in [-0.39, 0.29) is 0 Å². The standard InChI is InChI=1S/C7H4Br2N2S/c8-5-3-11(4-10-5)7-2-1-6(9)12-7/h1-4H. The molecular weight excluding hydrogens is 304 g/mol. The summed E-state index contributed by atoms with van der Waals surface area (Å²) in [5, 5.41) is 1.15. The van der Waals surface area contributed by atoms with Gasteiger partial charge in [-0.25, -0.2) is 4.98 Å². The lowest BCUT2D eigenvalue weighted by Crippen LogP contribution is -1.82. The summed E-state index contributed by atoms with van der Waals surface area (Å²) >= 11 is 8.38. The molecule has 0 aliphatic rings. The van der Waals surface area contributed by atoms with Gasteiger partial charge in [-0.3, -0.25) is 4.57 Å². The van der Waals surface area contributed by atoms with E-state index in [1.165, 1.54) is 0 Å². The molecule has 0 atom stereocenters. The van der Waals surface area contributed by atoms with E-state index in [4.69, 9.17) is 0 Å². The van der Waals surface area contributed by atoms with Crippen LogP contribution in [0.25, 0.3) is 5.00 Å². The van der Waals surface area contributed by atoms with Gasteiger partial charge in [0.2, 0.25) is 0 Å². The summed E-state index contributed by atoms with van der Waals surface area (Å²) in [6.07, 6.45) is 3.71. The predicted octanol–water partition coefficient (Wildman–Crippen LogP) is 3.46. The molecule has 2 rings (SSSR count). The Kier molecular flexibility index (Phi) is 2.34. The fourth-order valence-corrected chi connectivity index (χ4v) is 2.48. The molecule has 0 saturated heterocycles. The highest BCUT2D eigenvalue weighted by Crippen LogP contribution is 2.25. The largest absolute Gasteiger partial charge is 0.296 e. The number of halogens is 2. The minimum atomic E-state index is 0.854. The molecule has 0 fully saturated rings. The molecule has 2 aromatic rings. The lowest BCUT2D eigenvalue weighted by Gasteiger charge is -1.92. The summed E-state index contributed by atoms with van der Waals surface area (Å²) in [6.45, 7) is 0. The highest BCUT2D eigenvalue weighted by atomic mass is 79.9. The topological polar surface area (TPSA) is 17.8 Å². The van der Waals surface area contributed by atoms with Crippen molar-refractivity contribution in [2.24, 2.45) is 0 Å². The molecule has 0 N–H and O–H groups in total. The third kappa shape index (κ3) is 1.62. The highest BCUT2D eigenvalue weighted by Gasteiger charge is 2.00. The normalized spacial score (nSPS) is 10.5. The van der Waals surface area contributed by atoms with Gasteiger partial charge in [0.1, 0.15) is 15.9 Å². The molecule has 0 unspecified atom stereocenters. The Morgan fingerprint density at radius 2 is 2.17 bits per heavy atom. The molecular formula is C7H4Br2N2S. The third-order valence-corrected chi connectivity index (χ3v) is 3.41. The molecule has 62 valence electrons. The SMILES string of the molecule is Brc1cn(-c2ccc(Br)s2)cn1. The van der Waals surface area contributed by atoms with E-state index in [0.29, 0.717) is 0 Å². The molecule has 0 aromatic carbocycles. The summed E-state index contributed by atoms with van der Waals surface area (Å²) in [7, 11) is 0. The zero-order chi connectivity index (χ0) is 8.55. The second-order valence-corrected chi connectivity index (χ2v) is 5.44. The Hall–Kier alpha value is -0.130. The van der Waals surface area contributed by atoms with Crippen molar-refractivity contribution in [3.05, 3.63) is 33.0 Å². The van der Waals surface area contributed by atoms with Gasteiger partial charge in [0.05, 0.1) is 3.79 Å². The van der Waals surface area contributed by atoms with Crippen LogP contribution in [0.2, 0.25) is 0 Å².